The van der Waals surface area contributed by atoms with Crippen molar-refractivity contribution in [2.24, 2.45) is 0 Å². The van der Waals surface area contributed by atoms with Crippen LogP contribution in [0.15, 0.2) is 41.8 Å². The van der Waals surface area contributed by atoms with Gasteiger partial charge < -0.3 is 0 Å². The normalized spacial score (nSPS) is 17.3. The molecule has 0 saturated carbocycles. The van der Waals surface area contributed by atoms with E-state index >= 15 is 0 Å². The van der Waals surface area contributed by atoms with Crippen LogP contribution in [0, 0.1) is 0 Å². The minimum Gasteiger partial charge on any atom is -0.294 e. The predicted molar refractivity (Wildman–Crippen MR) is 90.4 cm³/mol. The molecule has 2 aromatic rings. The van der Waals surface area contributed by atoms with Crippen LogP contribution in [0.5, 0.6) is 0 Å². The van der Waals surface area contributed by atoms with E-state index in [0.717, 1.165) is 31.3 Å². The number of fused-ring (bicyclic) bond motifs is 1. The third kappa shape index (κ3) is 2.86. The maximum atomic E-state index is 12.7. The molecule has 3 rings (SSSR count). The van der Waals surface area contributed by atoms with Gasteiger partial charge in [-0.3, -0.25) is 4.79 Å². The first-order chi connectivity index (χ1) is 10.3. The Kier molecular flexibility index (Phi) is 4.35. The van der Waals surface area contributed by atoms with Crippen LogP contribution in [-0.2, 0) is 11.2 Å². The Hall–Kier alpha value is -1.67. The quantitative estimate of drug-likeness (QED) is 0.550. The number of allylic oxidation sites excluding steroid dienone is 2. The van der Waals surface area contributed by atoms with Gasteiger partial charge in [-0.2, -0.15) is 0 Å². The minimum absolute atomic E-state index is 0.319. The molecule has 0 N–H and O–H groups in total. The summed E-state index contributed by atoms with van der Waals surface area (Å²) < 4.78 is 0. The van der Waals surface area contributed by atoms with E-state index in [1.54, 1.807) is 11.3 Å². The number of Topliss-reactive ketones (excluding diaryl/α,β-unsaturated/α-hetero) is 1. The number of carbonyl (C=O) groups excluding carboxylic acids is 1. The summed E-state index contributed by atoms with van der Waals surface area (Å²) in [5, 5.41) is 2.12. The van der Waals surface area contributed by atoms with E-state index in [1.165, 1.54) is 21.6 Å². The van der Waals surface area contributed by atoms with Crippen LogP contribution < -0.4 is 0 Å². The van der Waals surface area contributed by atoms with Crippen LogP contribution in [0.1, 0.15) is 48.6 Å². The molecule has 1 aromatic heterocycles. The van der Waals surface area contributed by atoms with Crippen molar-refractivity contribution in [2.45, 2.75) is 39.0 Å². The second kappa shape index (κ2) is 6.40. The molecule has 1 nitrogen and oxygen atoms in total. The Labute approximate surface area is 130 Å². The zero-order valence-corrected chi connectivity index (χ0v) is 13.2. The van der Waals surface area contributed by atoms with Gasteiger partial charge in [0.2, 0.25) is 0 Å². The topological polar surface area (TPSA) is 17.1 Å². The number of carbonyl (C=O) groups is 1. The molecule has 0 unspecified atom stereocenters. The molecule has 21 heavy (non-hydrogen) atoms. The molecule has 2 heteroatoms. The van der Waals surface area contributed by atoms with E-state index in [-0.39, 0.29) is 0 Å². The van der Waals surface area contributed by atoms with Crippen LogP contribution >= 0.6 is 11.3 Å². The van der Waals surface area contributed by atoms with Gasteiger partial charge in [0.1, 0.15) is 0 Å². The lowest BCUT2D eigenvalue weighted by molar-refractivity contribution is -0.113. The van der Waals surface area contributed by atoms with Crippen molar-refractivity contribution in [2.75, 3.05) is 0 Å². The Morgan fingerprint density at radius 1 is 1.14 bits per heavy atom. The van der Waals surface area contributed by atoms with Gasteiger partial charge in [-0.1, -0.05) is 43.7 Å². The number of hydrogen-bond acceptors (Lipinski definition) is 2. The van der Waals surface area contributed by atoms with E-state index < -0.39 is 0 Å². The van der Waals surface area contributed by atoms with E-state index in [2.05, 4.69) is 42.6 Å². The fraction of sp³-hybridized carbons (Fsp3) is 0.316. The smallest absolute Gasteiger partial charge is 0.163 e. The Balaban J connectivity index is 2.22. The molecule has 1 aromatic carbocycles. The van der Waals surface area contributed by atoms with Crippen molar-refractivity contribution in [3.8, 4) is 0 Å². The number of hydrogen-bond donors (Lipinski definition) is 0. The van der Waals surface area contributed by atoms with Gasteiger partial charge in [0, 0.05) is 16.9 Å². The van der Waals surface area contributed by atoms with Crippen molar-refractivity contribution >= 4 is 28.3 Å². The molecule has 0 spiro atoms. The highest BCUT2D eigenvalue weighted by molar-refractivity contribution is 7.10. The SMILES string of the molecule is CCC/C(=C1\C(=O)CCCc2sccc21)c1ccccc1. The summed E-state index contributed by atoms with van der Waals surface area (Å²) in [6, 6.07) is 12.5. The maximum Gasteiger partial charge on any atom is 0.163 e. The molecule has 1 aliphatic carbocycles. The molecular formula is C19H20OS. The largest absolute Gasteiger partial charge is 0.294 e. The molecule has 0 saturated heterocycles. The molecule has 1 heterocycles. The fourth-order valence-corrected chi connectivity index (χ4v) is 4.00. The van der Waals surface area contributed by atoms with E-state index in [4.69, 9.17) is 0 Å². The first-order valence-corrected chi connectivity index (χ1v) is 8.57. The van der Waals surface area contributed by atoms with Crippen molar-refractivity contribution < 1.29 is 4.79 Å². The second-order valence-corrected chi connectivity index (χ2v) is 6.50. The lowest BCUT2D eigenvalue weighted by atomic mass is 9.89. The second-order valence-electron chi connectivity index (χ2n) is 5.50. The van der Waals surface area contributed by atoms with Crippen molar-refractivity contribution in [3.05, 3.63) is 57.8 Å². The Morgan fingerprint density at radius 2 is 1.95 bits per heavy atom. The minimum atomic E-state index is 0.319. The fourth-order valence-electron chi connectivity index (χ4n) is 3.08. The summed E-state index contributed by atoms with van der Waals surface area (Å²) in [6.45, 7) is 2.18. The molecule has 0 bridgehead atoms. The number of thiophene rings is 1. The monoisotopic (exact) mass is 296 g/mol. The molecule has 0 radical (unpaired) electrons. The lowest BCUT2D eigenvalue weighted by Gasteiger charge is -2.14. The van der Waals surface area contributed by atoms with Gasteiger partial charge >= 0.3 is 0 Å². The molecule has 108 valence electrons. The van der Waals surface area contributed by atoms with E-state index in [9.17, 15) is 4.79 Å². The summed E-state index contributed by atoms with van der Waals surface area (Å²) in [7, 11) is 0. The van der Waals surface area contributed by atoms with Crippen LogP contribution in [-0.4, -0.2) is 5.78 Å². The zero-order chi connectivity index (χ0) is 14.7. The van der Waals surface area contributed by atoms with Crippen LogP contribution in [0.3, 0.4) is 0 Å². The molecule has 0 aliphatic heterocycles. The van der Waals surface area contributed by atoms with E-state index in [1.807, 2.05) is 6.07 Å². The van der Waals surface area contributed by atoms with Crippen molar-refractivity contribution in [1.82, 2.24) is 0 Å². The highest BCUT2D eigenvalue weighted by Gasteiger charge is 2.24. The zero-order valence-electron chi connectivity index (χ0n) is 12.4. The summed E-state index contributed by atoms with van der Waals surface area (Å²) >= 11 is 1.79. The van der Waals surface area contributed by atoms with Gasteiger partial charge in [0.25, 0.3) is 0 Å². The molecule has 0 amide bonds. The Morgan fingerprint density at radius 3 is 2.71 bits per heavy atom. The standard InChI is InChI=1S/C19H20OS/c1-2-7-15(14-8-4-3-5-9-14)19-16-12-13-21-18(16)11-6-10-17(19)20/h3-5,8-9,12-13H,2,6-7,10-11H2,1H3/b19-15+. The number of rotatable bonds is 3. The molecular weight excluding hydrogens is 276 g/mol. The average molecular weight is 296 g/mol. The van der Waals surface area contributed by atoms with Gasteiger partial charge in [0.15, 0.2) is 5.78 Å². The average Bonchev–Trinajstić information content (AvgIpc) is 2.90. The first kappa shape index (κ1) is 14.3. The van der Waals surface area contributed by atoms with Crippen LogP contribution in [0.4, 0.5) is 0 Å². The summed E-state index contributed by atoms with van der Waals surface area (Å²) in [4.78, 5) is 14.1. The van der Waals surface area contributed by atoms with Crippen LogP contribution in [0.25, 0.3) is 11.1 Å². The number of aryl methyl sites for hydroxylation is 1. The van der Waals surface area contributed by atoms with E-state index in [0.29, 0.717) is 12.2 Å². The molecule has 0 fully saturated rings. The third-order valence-corrected chi connectivity index (χ3v) is 5.01. The first-order valence-electron chi connectivity index (χ1n) is 7.69. The Bertz CT molecular complexity index is 664. The number of ketones is 1. The van der Waals surface area contributed by atoms with Crippen molar-refractivity contribution in [3.63, 3.8) is 0 Å². The predicted octanol–water partition coefficient (Wildman–Crippen LogP) is 5.36. The molecule has 1 aliphatic rings. The summed E-state index contributed by atoms with van der Waals surface area (Å²) in [5.74, 6) is 0.319. The summed E-state index contributed by atoms with van der Waals surface area (Å²) in [6.07, 6.45) is 4.71. The highest BCUT2D eigenvalue weighted by atomic mass is 32.1. The van der Waals surface area contributed by atoms with Gasteiger partial charge in [-0.05, 0) is 47.4 Å². The van der Waals surface area contributed by atoms with Crippen molar-refractivity contribution in [1.29, 1.82) is 0 Å². The lowest BCUT2D eigenvalue weighted by Crippen LogP contribution is -2.03. The van der Waals surface area contributed by atoms with Gasteiger partial charge in [0.05, 0.1) is 0 Å². The van der Waals surface area contributed by atoms with Gasteiger partial charge in [-0.15, -0.1) is 11.3 Å². The highest BCUT2D eigenvalue weighted by Crippen LogP contribution is 2.37. The third-order valence-electron chi connectivity index (χ3n) is 4.03. The maximum absolute atomic E-state index is 12.7. The van der Waals surface area contributed by atoms with Crippen LogP contribution in [0.2, 0.25) is 0 Å². The molecule has 0 atom stereocenters. The summed E-state index contributed by atoms with van der Waals surface area (Å²) in [5.41, 5.74) is 4.60. The number of benzene rings is 1. The van der Waals surface area contributed by atoms with Gasteiger partial charge in [-0.25, -0.2) is 0 Å².